The Bertz CT molecular complexity index is 1670. The molecule has 36 heavy (non-hydrogen) atoms. The van der Waals surface area contributed by atoms with Crippen LogP contribution in [-0.2, 0) is 4.57 Å². The van der Waals surface area contributed by atoms with E-state index in [9.17, 15) is 4.57 Å². The van der Waals surface area contributed by atoms with Crippen molar-refractivity contribution in [2.75, 3.05) is 24.0 Å². The van der Waals surface area contributed by atoms with Crippen LogP contribution in [0.15, 0.2) is 72.9 Å². The van der Waals surface area contributed by atoms with Gasteiger partial charge in [-0.05, 0) is 55.8 Å². The molecule has 0 saturated heterocycles. The van der Waals surface area contributed by atoms with E-state index in [-0.39, 0.29) is 0 Å². The fourth-order valence-corrected chi connectivity index (χ4v) is 5.13. The summed E-state index contributed by atoms with van der Waals surface area (Å²) in [5, 5.41) is 24.9. The maximum Gasteiger partial charge on any atom is 0.229 e. The second kappa shape index (κ2) is 9.46. The number of hydrogen-bond acceptors (Lipinski definition) is 7. The number of anilines is 4. The number of para-hydroxylation sites is 1. The van der Waals surface area contributed by atoms with Gasteiger partial charge in [0.15, 0.2) is 5.82 Å². The number of nitriles is 1. The van der Waals surface area contributed by atoms with E-state index in [2.05, 4.69) is 36.9 Å². The molecule has 0 fully saturated rings. The molecular formula is C26H21ClN7OP. The van der Waals surface area contributed by atoms with Gasteiger partial charge in [-0.2, -0.15) is 15.3 Å². The largest absolute Gasteiger partial charge is 0.338 e. The van der Waals surface area contributed by atoms with E-state index in [1.165, 1.54) is 6.20 Å². The number of halogens is 1. The minimum absolute atomic E-state index is 0.339. The summed E-state index contributed by atoms with van der Waals surface area (Å²) in [5.74, 6) is 0.746. The molecule has 0 aliphatic heterocycles. The van der Waals surface area contributed by atoms with Crippen LogP contribution in [0.5, 0.6) is 0 Å². The van der Waals surface area contributed by atoms with Crippen LogP contribution in [0.3, 0.4) is 0 Å². The third-order valence-electron chi connectivity index (χ3n) is 5.59. The maximum absolute atomic E-state index is 12.7. The fourth-order valence-electron chi connectivity index (χ4n) is 3.84. The first-order chi connectivity index (χ1) is 17.3. The molecule has 0 saturated carbocycles. The second-order valence-corrected chi connectivity index (χ2v) is 12.1. The number of aromatic amines is 1. The summed E-state index contributed by atoms with van der Waals surface area (Å²) in [7, 11) is -2.52. The minimum atomic E-state index is -2.52. The zero-order valence-electron chi connectivity index (χ0n) is 19.5. The first-order valence-corrected chi connectivity index (χ1v) is 14.0. The molecule has 0 aliphatic carbocycles. The summed E-state index contributed by atoms with van der Waals surface area (Å²) in [6.45, 7) is 3.44. The number of H-pyrrole nitrogens is 1. The first kappa shape index (κ1) is 23.6. The highest BCUT2D eigenvalue weighted by Gasteiger charge is 2.17. The van der Waals surface area contributed by atoms with E-state index in [0.29, 0.717) is 28.0 Å². The van der Waals surface area contributed by atoms with Crippen molar-refractivity contribution in [2.45, 2.75) is 0 Å². The van der Waals surface area contributed by atoms with E-state index < -0.39 is 7.14 Å². The van der Waals surface area contributed by atoms with Crippen LogP contribution in [0.4, 0.5) is 23.1 Å². The Morgan fingerprint density at radius 3 is 2.56 bits per heavy atom. The van der Waals surface area contributed by atoms with Crippen LogP contribution in [0.1, 0.15) is 5.56 Å². The predicted octanol–water partition coefficient (Wildman–Crippen LogP) is 6.28. The Morgan fingerprint density at radius 1 is 1.03 bits per heavy atom. The summed E-state index contributed by atoms with van der Waals surface area (Å²) in [4.78, 5) is 8.86. The van der Waals surface area contributed by atoms with Gasteiger partial charge in [0.25, 0.3) is 0 Å². The number of nitrogens with zero attached hydrogens (tertiary/aromatic N) is 4. The molecule has 3 aromatic carbocycles. The average molecular weight is 514 g/mol. The van der Waals surface area contributed by atoms with Crippen molar-refractivity contribution in [3.05, 3.63) is 83.5 Å². The Kier molecular flexibility index (Phi) is 6.19. The molecular weight excluding hydrogens is 493 g/mol. The van der Waals surface area contributed by atoms with Crippen LogP contribution in [0.2, 0.25) is 5.02 Å². The second-order valence-electron chi connectivity index (χ2n) is 8.53. The smallest absolute Gasteiger partial charge is 0.229 e. The van der Waals surface area contributed by atoms with Crippen LogP contribution in [0, 0.1) is 11.3 Å². The van der Waals surface area contributed by atoms with Crippen molar-refractivity contribution in [1.82, 2.24) is 20.2 Å². The van der Waals surface area contributed by atoms with Crippen molar-refractivity contribution < 1.29 is 4.57 Å². The standard InChI is InChI=1S/C26H21ClN7OP/c1-36(2,35)23-6-4-3-5-22(23)31-25-20(27)15-29-26(32-25)30-18-11-12-21-19(13-18)24(34-33-21)17-9-7-16(14-28)8-10-17/h3-13,15H,1-2H3,(H,33,34)(H2,29,30,31,32). The summed E-state index contributed by atoms with van der Waals surface area (Å²) < 4.78 is 12.7. The summed E-state index contributed by atoms with van der Waals surface area (Å²) in [6, 6.07) is 22.6. The molecule has 8 nitrogen and oxygen atoms in total. The highest BCUT2D eigenvalue weighted by Crippen LogP contribution is 2.38. The van der Waals surface area contributed by atoms with Crippen molar-refractivity contribution in [3.63, 3.8) is 0 Å². The van der Waals surface area contributed by atoms with Gasteiger partial charge in [0.2, 0.25) is 5.95 Å². The Morgan fingerprint density at radius 2 is 1.81 bits per heavy atom. The van der Waals surface area contributed by atoms with Gasteiger partial charge in [-0.25, -0.2) is 4.98 Å². The fraction of sp³-hybridized carbons (Fsp3) is 0.0769. The molecule has 2 aromatic heterocycles. The summed E-state index contributed by atoms with van der Waals surface area (Å²) in [5.41, 5.74) is 4.59. The molecule has 178 valence electrons. The molecule has 0 radical (unpaired) electrons. The molecule has 10 heteroatoms. The number of fused-ring (bicyclic) bond motifs is 1. The number of aromatic nitrogens is 4. The molecule has 0 aliphatic rings. The van der Waals surface area contributed by atoms with E-state index in [4.69, 9.17) is 16.9 Å². The van der Waals surface area contributed by atoms with Gasteiger partial charge in [0, 0.05) is 21.9 Å². The normalized spacial score (nSPS) is 11.3. The first-order valence-electron chi connectivity index (χ1n) is 11.0. The zero-order valence-corrected chi connectivity index (χ0v) is 21.1. The topological polar surface area (TPSA) is 119 Å². The number of rotatable bonds is 6. The Hall–Kier alpha value is -4.18. The monoisotopic (exact) mass is 513 g/mol. The molecule has 5 aromatic rings. The van der Waals surface area contributed by atoms with Gasteiger partial charge < -0.3 is 15.2 Å². The number of hydrogen-bond donors (Lipinski definition) is 3. The highest BCUT2D eigenvalue weighted by atomic mass is 35.5. The Balaban J connectivity index is 1.45. The van der Waals surface area contributed by atoms with Gasteiger partial charge in [0.1, 0.15) is 12.2 Å². The van der Waals surface area contributed by atoms with Crippen LogP contribution in [-0.4, -0.2) is 33.5 Å². The third-order valence-corrected chi connectivity index (χ3v) is 7.41. The summed E-state index contributed by atoms with van der Waals surface area (Å²) >= 11 is 6.37. The lowest BCUT2D eigenvalue weighted by molar-refractivity contribution is 0.588. The molecule has 0 bridgehead atoms. The van der Waals surface area contributed by atoms with Gasteiger partial charge in [-0.1, -0.05) is 35.9 Å². The molecule has 3 N–H and O–H groups in total. The Labute approximate surface area is 212 Å². The van der Waals surface area contributed by atoms with Crippen molar-refractivity contribution in [3.8, 4) is 17.3 Å². The van der Waals surface area contributed by atoms with Gasteiger partial charge >= 0.3 is 0 Å². The van der Waals surface area contributed by atoms with Crippen molar-refractivity contribution >= 4 is 58.1 Å². The highest BCUT2D eigenvalue weighted by molar-refractivity contribution is 7.70. The lowest BCUT2D eigenvalue weighted by Crippen LogP contribution is -2.10. The number of nitrogens with one attached hydrogen (secondary N) is 3. The molecule has 0 spiro atoms. The van der Waals surface area contributed by atoms with E-state index in [1.807, 2.05) is 54.6 Å². The van der Waals surface area contributed by atoms with Crippen LogP contribution in [0.25, 0.3) is 22.2 Å². The average Bonchev–Trinajstić information content (AvgIpc) is 3.29. The van der Waals surface area contributed by atoms with Crippen LogP contribution < -0.4 is 15.9 Å². The van der Waals surface area contributed by atoms with Crippen molar-refractivity contribution in [1.29, 1.82) is 5.26 Å². The van der Waals surface area contributed by atoms with Gasteiger partial charge in [-0.3, -0.25) is 5.10 Å². The lowest BCUT2D eigenvalue weighted by atomic mass is 10.1. The minimum Gasteiger partial charge on any atom is -0.338 e. The van der Waals surface area contributed by atoms with Crippen molar-refractivity contribution in [2.24, 2.45) is 0 Å². The molecule has 2 heterocycles. The zero-order chi connectivity index (χ0) is 25.3. The maximum atomic E-state index is 12.7. The van der Waals surface area contributed by atoms with Gasteiger partial charge in [0.05, 0.1) is 34.7 Å². The molecule has 0 unspecified atom stereocenters. The van der Waals surface area contributed by atoms with E-state index >= 15 is 0 Å². The molecule has 0 atom stereocenters. The molecule has 0 amide bonds. The summed E-state index contributed by atoms with van der Waals surface area (Å²) in [6.07, 6.45) is 1.51. The molecule has 5 rings (SSSR count). The van der Waals surface area contributed by atoms with E-state index in [1.54, 1.807) is 25.5 Å². The van der Waals surface area contributed by atoms with Gasteiger partial charge in [-0.15, -0.1) is 0 Å². The SMILES string of the molecule is CP(C)(=O)c1ccccc1Nc1nc(Nc2ccc3[nH]nc(-c4ccc(C#N)cc4)c3c2)ncc1Cl. The van der Waals surface area contributed by atoms with E-state index in [0.717, 1.165) is 33.2 Å². The number of benzene rings is 3. The van der Waals surface area contributed by atoms with Crippen LogP contribution >= 0.6 is 18.7 Å². The lowest BCUT2D eigenvalue weighted by Gasteiger charge is -2.15. The third kappa shape index (κ3) is 4.80. The predicted molar refractivity (Wildman–Crippen MR) is 145 cm³/mol. The quantitative estimate of drug-likeness (QED) is 0.228.